The molecule has 0 aromatic rings. The van der Waals surface area contributed by atoms with Crippen LogP contribution in [0.4, 0.5) is 8.78 Å². The molecule has 1 heterocycles. The molecule has 0 spiro atoms. The molecular formula is C14H18F2O7S. The van der Waals surface area contributed by atoms with Crippen LogP contribution in [0.2, 0.25) is 0 Å². The maximum absolute atomic E-state index is 13.6. The van der Waals surface area contributed by atoms with E-state index in [0.29, 0.717) is 6.42 Å². The molecule has 3 rings (SSSR count). The van der Waals surface area contributed by atoms with E-state index in [1.165, 1.54) is 0 Å². The number of ether oxygens (including phenoxy) is 2. The van der Waals surface area contributed by atoms with E-state index in [2.05, 4.69) is 0 Å². The van der Waals surface area contributed by atoms with Gasteiger partial charge in [-0.1, -0.05) is 0 Å². The summed E-state index contributed by atoms with van der Waals surface area (Å²) in [4.78, 5) is 23.6. The number of alkyl halides is 2. The Morgan fingerprint density at radius 1 is 1.42 bits per heavy atom. The van der Waals surface area contributed by atoms with Gasteiger partial charge in [-0.25, -0.2) is 4.79 Å². The normalized spacial score (nSPS) is 37.2. The third kappa shape index (κ3) is 2.79. The first kappa shape index (κ1) is 17.5. The SMILES string of the molecule is CC1(C)OC(=O)C2C3CC(OC(=O)C(F)(F)CS(=O)(=O)O)C(C3)C21. The van der Waals surface area contributed by atoms with Gasteiger partial charge in [0.15, 0.2) is 5.75 Å². The number of hydrogen-bond acceptors (Lipinski definition) is 6. The Labute approximate surface area is 137 Å². The Hall–Kier alpha value is -1.29. The highest BCUT2D eigenvalue weighted by atomic mass is 32.2. The maximum Gasteiger partial charge on any atom is 0.378 e. The second-order valence-corrected chi connectivity index (χ2v) is 8.80. The van der Waals surface area contributed by atoms with Crippen LogP contribution in [-0.2, 0) is 29.2 Å². The zero-order valence-electron chi connectivity index (χ0n) is 13.1. The summed E-state index contributed by atoms with van der Waals surface area (Å²) in [7, 11) is -5.03. The summed E-state index contributed by atoms with van der Waals surface area (Å²) < 4.78 is 67.1. The van der Waals surface area contributed by atoms with Crippen molar-refractivity contribution in [3.63, 3.8) is 0 Å². The fraction of sp³-hybridized carbons (Fsp3) is 0.857. The number of esters is 2. The summed E-state index contributed by atoms with van der Waals surface area (Å²) in [5.74, 6) is -9.54. The number of hydrogen-bond donors (Lipinski definition) is 1. The lowest BCUT2D eigenvalue weighted by Crippen LogP contribution is -2.45. The zero-order valence-corrected chi connectivity index (χ0v) is 13.9. The minimum Gasteiger partial charge on any atom is -0.459 e. The average molecular weight is 368 g/mol. The fourth-order valence-electron chi connectivity index (χ4n) is 4.63. The zero-order chi connectivity index (χ0) is 18.1. The molecule has 0 aromatic carbocycles. The van der Waals surface area contributed by atoms with E-state index < -0.39 is 39.5 Å². The Morgan fingerprint density at radius 2 is 2.04 bits per heavy atom. The molecule has 3 aliphatic rings. The molecule has 10 heteroatoms. The Bertz CT molecular complexity index is 687. The summed E-state index contributed by atoms with van der Waals surface area (Å²) in [6.45, 7) is 3.48. The van der Waals surface area contributed by atoms with Crippen LogP contribution in [0.5, 0.6) is 0 Å². The van der Waals surface area contributed by atoms with E-state index in [9.17, 15) is 26.8 Å². The molecule has 0 aromatic heterocycles. The molecule has 24 heavy (non-hydrogen) atoms. The van der Waals surface area contributed by atoms with Crippen molar-refractivity contribution in [2.24, 2.45) is 23.7 Å². The largest absolute Gasteiger partial charge is 0.459 e. The lowest BCUT2D eigenvalue weighted by molar-refractivity contribution is -0.179. The van der Waals surface area contributed by atoms with Gasteiger partial charge in [-0.3, -0.25) is 9.35 Å². The third-order valence-electron chi connectivity index (χ3n) is 5.30. The van der Waals surface area contributed by atoms with Crippen molar-refractivity contribution in [3.8, 4) is 0 Å². The van der Waals surface area contributed by atoms with Crippen LogP contribution in [0.3, 0.4) is 0 Å². The molecule has 5 unspecified atom stereocenters. The number of carbonyl (C=O) groups is 2. The highest BCUT2D eigenvalue weighted by Gasteiger charge is 2.66. The third-order valence-corrected chi connectivity index (χ3v) is 6.03. The van der Waals surface area contributed by atoms with Crippen molar-refractivity contribution in [3.05, 3.63) is 0 Å². The van der Waals surface area contributed by atoms with E-state index in [0.717, 1.165) is 0 Å². The minimum absolute atomic E-state index is 0.0951. The van der Waals surface area contributed by atoms with Crippen molar-refractivity contribution in [1.29, 1.82) is 0 Å². The van der Waals surface area contributed by atoms with Crippen LogP contribution in [0, 0.1) is 23.7 Å². The van der Waals surface area contributed by atoms with Gasteiger partial charge in [-0.2, -0.15) is 17.2 Å². The summed E-state index contributed by atoms with van der Waals surface area (Å²) in [5, 5.41) is 0. The Balaban J connectivity index is 1.73. The minimum atomic E-state index is -5.03. The first-order chi connectivity index (χ1) is 10.8. The van der Waals surface area contributed by atoms with Crippen LogP contribution < -0.4 is 0 Å². The summed E-state index contributed by atoms with van der Waals surface area (Å²) >= 11 is 0. The Morgan fingerprint density at radius 3 is 2.62 bits per heavy atom. The second kappa shape index (κ2) is 5.10. The van der Waals surface area contributed by atoms with Gasteiger partial charge in [-0.15, -0.1) is 0 Å². The predicted octanol–water partition coefficient (Wildman–Crippen LogP) is 1.03. The molecule has 7 nitrogen and oxygen atoms in total. The smallest absolute Gasteiger partial charge is 0.378 e. The maximum atomic E-state index is 13.6. The molecular weight excluding hydrogens is 350 g/mol. The van der Waals surface area contributed by atoms with Crippen molar-refractivity contribution >= 4 is 22.1 Å². The average Bonchev–Trinajstić information content (AvgIpc) is 2.97. The molecule has 1 saturated heterocycles. The predicted molar refractivity (Wildman–Crippen MR) is 74.6 cm³/mol. The highest BCUT2D eigenvalue weighted by molar-refractivity contribution is 7.85. The number of fused-ring (bicyclic) bond motifs is 5. The first-order valence-electron chi connectivity index (χ1n) is 7.59. The van der Waals surface area contributed by atoms with Crippen molar-refractivity contribution in [2.75, 3.05) is 5.75 Å². The number of carbonyl (C=O) groups excluding carboxylic acids is 2. The standard InChI is InChI=1S/C14H18F2O7S/c1-13(2)10-7-3-6(9(10)11(17)23-13)4-8(7)22-12(18)14(15,16)5-24(19,20)21/h6-10H,3-5H2,1-2H3,(H,19,20,21). The lowest BCUT2D eigenvalue weighted by Gasteiger charge is -2.35. The molecule has 3 fully saturated rings. The van der Waals surface area contributed by atoms with E-state index >= 15 is 0 Å². The van der Waals surface area contributed by atoms with Gasteiger partial charge < -0.3 is 9.47 Å². The summed E-state index contributed by atoms with van der Waals surface area (Å²) in [5.41, 5.74) is -0.761. The van der Waals surface area contributed by atoms with Crippen LogP contribution in [-0.4, -0.2) is 48.3 Å². The van der Waals surface area contributed by atoms with E-state index in [-0.39, 0.29) is 36.1 Å². The van der Waals surface area contributed by atoms with Gasteiger partial charge in [0.05, 0.1) is 5.92 Å². The highest BCUT2D eigenvalue weighted by Crippen LogP contribution is 2.61. The molecule has 136 valence electrons. The van der Waals surface area contributed by atoms with Crippen molar-refractivity contribution in [1.82, 2.24) is 0 Å². The van der Waals surface area contributed by atoms with E-state index in [1.54, 1.807) is 13.8 Å². The van der Waals surface area contributed by atoms with Crippen LogP contribution in [0.1, 0.15) is 26.7 Å². The van der Waals surface area contributed by atoms with Gasteiger partial charge >= 0.3 is 17.9 Å². The van der Waals surface area contributed by atoms with Gasteiger partial charge in [-0.05, 0) is 32.6 Å². The van der Waals surface area contributed by atoms with Crippen LogP contribution in [0.15, 0.2) is 0 Å². The molecule has 2 saturated carbocycles. The molecule has 1 N–H and O–H groups in total. The summed E-state index contributed by atoms with van der Waals surface area (Å²) in [6.07, 6.45) is 0.0326. The van der Waals surface area contributed by atoms with Gasteiger partial charge in [0.1, 0.15) is 11.7 Å². The molecule has 0 radical (unpaired) electrons. The number of halogens is 2. The first-order valence-corrected chi connectivity index (χ1v) is 9.20. The van der Waals surface area contributed by atoms with Crippen LogP contribution >= 0.6 is 0 Å². The monoisotopic (exact) mass is 368 g/mol. The lowest BCUT2D eigenvalue weighted by atomic mass is 9.72. The number of cyclic esters (lactones) is 1. The molecule has 0 amide bonds. The van der Waals surface area contributed by atoms with E-state index in [4.69, 9.17) is 14.0 Å². The van der Waals surface area contributed by atoms with Gasteiger partial charge in [0.25, 0.3) is 10.1 Å². The molecule has 2 bridgehead atoms. The fourth-order valence-corrected chi connectivity index (χ4v) is 5.21. The van der Waals surface area contributed by atoms with Crippen LogP contribution in [0.25, 0.3) is 0 Å². The topological polar surface area (TPSA) is 107 Å². The molecule has 5 atom stereocenters. The van der Waals surface area contributed by atoms with Crippen molar-refractivity contribution in [2.45, 2.75) is 44.3 Å². The van der Waals surface area contributed by atoms with Crippen molar-refractivity contribution < 1.29 is 40.8 Å². The summed E-state index contributed by atoms with van der Waals surface area (Å²) in [6, 6.07) is 0. The van der Waals surface area contributed by atoms with E-state index in [1.807, 2.05) is 0 Å². The molecule has 1 aliphatic heterocycles. The quantitative estimate of drug-likeness (QED) is 0.583. The molecule has 2 aliphatic carbocycles. The van der Waals surface area contributed by atoms with Gasteiger partial charge in [0, 0.05) is 11.8 Å². The Kier molecular flexibility index (Phi) is 3.73. The van der Waals surface area contributed by atoms with Gasteiger partial charge in [0.2, 0.25) is 0 Å². The number of rotatable bonds is 4. The second-order valence-electron chi connectivity index (χ2n) is 7.35.